The second kappa shape index (κ2) is 5.21. The summed E-state index contributed by atoms with van der Waals surface area (Å²) >= 11 is 0. The fourth-order valence-electron chi connectivity index (χ4n) is 1.94. The molecule has 1 aromatic carbocycles. The Morgan fingerprint density at radius 3 is 2.83 bits per heavy atom. The molecule has 0 atom stereocenters. The summed E-state index contributed by atoms with van der Waals surface area (Å²) in [5.41, 5.74) is 1.49. The van der Waals surface area contributed by atoms with Gasteiger partial charge in [-0.3, -0.25) is 9.48 Å². The zero-order valence-corrected chi connectivity index (χ0v) is 11.1. The largest absolute Gasteiger partial charge is 0.351 e. The summed E-state index contributed by atoms with van der Waals surface area (Å²) in [6.45, 7) is 4.98. The predicted octanol–water partition coefficient (Wildman–Crippen LogP) is 2.35. The molecule has 4 nitrogen and oxygen atoms in total. The third kappa shape index (κ3) is 2.53. The van der Waals surface area contributed by atoms with E-state index in [1.54, 1.807) is 4.68 Å². The van der Waals surface area contributed by atoms with E-state index >= 15 is 0 Å². The number of para-hydroxylation sites is 1. The maximum Gasteiger partial charge on any atom is 0.272 e. The van der Waals surface area contributed by atoms with Crippen LogP contribution in [0.5, 0.6) is 0 Å². The van der Waals surface area contributed by atoms with Gasteiger partial charge < -0.3 is 5.32 Å². The van der Waals surface area contributed by atoms with Gasteiger partial charge in [-0.1, -0.05) is 32.0 Å². The van der Waals surface area contributed by atoms with Gasteiger partial charge in [0.05, 0.1) is 5.52 Å². The summed E-state index contributed by atoms with van der Waals surface area (Å²) in [4.78, 5) is 12.1. The van der Waals surface area contributed by atoms with Crippen LogP contribution in [0.15, 0.2) is 24.3 Å². The summed E-state index contributed by atoms with van der Waals surface area (Å²) < 4.78 is 1.74. The van der Waals surface area contributed by atoms with Crippen LogP contribution in [0, 0.1) is 5.92 Å². The maximum absolute atomic E-state index is 12.1. The Kier molecular flexibility index (Phi) is 3.65. The number of carbonyl (C=O) groups excluding carboxylic acids is 1. The second-order valence-corrected chi connectivity index (χ2v) is 4.93. The highest BCUT2D eigenvalue weighted by Gasteiger charge is 2.14. The van der Waals surface area contributed by atoms with Gasteiger partial charge in [-0.05, 0) is 18.4 Å². The monoisotopic (exact) mass is 245 g/mol. The van der Waals surface area contributed by atoms with Gasteiger partial charge in [0.2, 0.25) is 0 Å². The lowest BCUT2D eigenvalue weighted by molar-refractivity contribution is 0.0948. The molecular weight excluding hydrogens is 226 g/mol. The molecule has 1 aromatic heterocycles. The Morgan fingerprint density at radius 2 is 2.11 bits per heavy atom. The highest BCUT2D eigenvalue weighted by Crippen LogP contribution is 2.17. The highest BCUT2D eigenvalue weighted by molar-refractivity contribution is 6.04. The Morgan fingerprint density at radius 1 is 1.39 bits per heavy atom. The van der Waals surface area contributed by atoms with E-state index in [1.165, 1.54) is 0 Å². The predicted molar refractivity (Wildman–Crippen MR) is 72.5 cm³/mol. The van der Waals surface area contributed by atoms with Crippen LogP contribution in [0.1, 0.15) is 30.8 Å². The lowest BCUT2D eigenvalue weighted by atomic mass is 10.1. The van der Waals surface area contributed by atoms with Crippen LogP contribution in [0.2, 0.25) is 0 Å². The van der Waals surface area contributed by atoms with Crippen molar-refractivity contribution in [2.45, 2.75) is 20.3 Å². The zero-order chi connectivity index (χ0) is 13.1. The molecule has 0 spiro atoms. The number of hydrogen-bond donors (Lipinski definition) is 1. The van der Waals surface area contributed by atoms with Crippen molar-refractivity contribution in [2.75, 3.05) is 6.54 Å². The number of benzene rings is 1. The third-order valence-corrected chi connectivity index (χ3v) is 2.98. The molecule has 1 amide bonds. The van der Waals surface area contributed by atoms with Crippen LogP contribution in [-0.2, 0) is 7.05 Å². The first-order valence-electron chi connectivity index (χ1n) is 6.29. The van der Waals surface area contributed by atoms with E-state index in [-0.39, 0.29) is 5.91 Å². The van der Waals surface area contributed by atoms with E-state index in [2.05, 4.69) is 24.3 Å². The number of nitrogens with one attached hydrogen (secondary N) is 1. The molecule has 1 N–H and O–H groups in total. The second-order valence-electron chi connectivity index (χ2n) is 4.93. The first-order valence-corrected chi connectivity index (χ1v) is 6.29. The van der Waals surface area contributed by atoms with Crippen molar-refractivity contribution in [1.29, 1.82) is 0 Å². The van der Waals surface area contributed by atoms with Gasteiger partial charge in [-0.15, -0.1) is 0 Å². The quantitative estimate of drug-likeness (QED) is 0.898. The van der Waals surface area contributed by atoms with Gasteiger partial charge in [0.1, 0.15) is 0 Å². The number of rotatable bonds is 4. The third-order valence-electron chi connectivity index (χ3n) is 2.98. The van der Waals surface area contributed by atoms with Crippen molar-refractivity contribution in [3.8, 4) is 0 Å². The molecule has 18 heavy (non-hydrogen) atoms. The molecule has 1 heterocycles. The number of amides is 1. The molecule has 0 aliphatic heterocycles. The molecular formula is C14H19N3O. The van der Waals surface area contributed by atoms with Gasteiger partial charge in [0, 0.05) is 19.0 Å². The first kappa shape index (κ1) is 12.6. The van der Waals surface area contributed by atoms with Crippen molar-refractivity contribution in [2.24, 2.45) is 13.0 Å². The van der Waals surface area contributed by atoms with Crippen molar-refractivity contribution in [1.82, 2.24) is 15.1 Å². The number of hydrogen-bond acceptors (Lipinski definition) is 2. The van der Waals surface area contributed by atoms with Crippen molar-refractivity contribution in [3.05, 3.63) is 30.0 Å². The normalized spacial score (nSPS) is 11.1. The summed E-state index contributed by atoms with van der Waals surface area (Å²) in [5, 5.41) is 8.12. The maximum atomic E-state index is 12.1. The lowest BCUT2D eigenvalue weighted by Gasteiger charge is -2.05. The summed E-state index contributed by atoms with van der Waals surface area (Å²) in [6.07, 6.45) is 0.983. The Balaban J connectivity index is 2.18. The number of aryl methyl sites for hydroxylation is 1. The minimum absolute atomic E-state index is 0.0903. The molecule has 0 saturated carbocycles. The average molecular weight is 245 g/mol. The lowest BCUT2D eigenvalue weighted by Crippen LogP contribution is -2.26. The van der Waals surface area contributed by atoms with E-state index in [9.17, 15) is 4.79 Å². The van der Waals surface area contributed by atoms with Crippen LogP contribution < -0.4 is 5.32 Å². The van der Waals surface area contributed by atoms with Gasteiger partial charge in [-0.2, -0.15) is 5.10 Å². The Labute approximate surface area is 107 Å². The summed E-state index contributed by atoms with van der Waals surface area (Å²) in [5.74, 6) is 0.498. The Hall–Kier alpha value is -1.84. The summed E-state index contributed by atoms with van der Waals surface area (Å²) in [6, 6.07) is 7.77. The minimum atomic E-state index is -0.0903. The molecule has 0 bridgehead atoms. The highest BCUT2D eigenvalue weighted by atomic mass is 16.1. The number of carbonyl (C=O) groups is 1. The van der Waals surface area contributed by atoms with E-state index in [0.717, 1.165) is 17.3 Å². The van der Waals surface area contributed by atoms with E-state index in [1.807, 2.05) is 31.3 Å². The zero-order valence-electron chi connectivity index (χ0n) is 11.1. The molecule has 0 aliphatic rings. The standard InChI is InChI=1S/C14H19N3O/c1-10(2)8-9-15-14(18)13-11-6-4-5-7-12(11)17(3)16-13/h4-7,10H,8-9H2,1-3H3,(H,15,18). The smallest absolute Gasteiger partial charge is 0.272 e. The van der Waals surface area contributed by atoms with Crippen molar-refractivity contribution >= 4 is 16.8 Å². The molecule has 0 unspecified atom stereocenters. The summed E-state index contributed by atoms with van der Waals surface area (Å²) in [7, 11) is 1.85. The van der Waals surface area contributed by atoms with E-state index in [0.29, 0.717) is 18.2 Å². The van der Waals surface area contributed by atoms with Gasteiger partial charge in [0.25, 0.3) is 5.91 Å². The fraction of sp³-hybridized carbons (Fsp3) is 0.429. The number of aromatic nitrogens is 2. The molecule has 4 heteroatoms. The topological polar surface area (TPSA) is 46.9 Å². The van der Waals surface area contributed by atoms with Crippen LogP contribution in [0.25, 0.3) is 10.9 Å². The molecule has 0 fully saturated rings. The number of fused-ring (bicyclic) bond motifs is 1. The van der Waals surface area contributed by atoms with E-state index in [4.69, 9.17) is 0 Å². The van der Waals surface area contributed by atoms with Gasteiger partial charge >= 0.3 is 0 Å². The van der Waals surface area contributed by atoms with Crippen LogP contribution >= 0.6 is 0 Å². The van der Waals surface area contributed by atoms with Crippen LogP contribution in [0.4, 0.5) is 0 Å². The molecule has 0 radical (unpaired) electrons. The van der Waals surface area contributed by atoms with E-state index < -0.39 is 0 Å². The van der Waals surface area contributed by atoms with Crippen molar-refractivity contribution < 1.29 is 4.79 Å². The van der Waals surface area contributed by atoms with Crippen molar-refractivity contribution in [3.63, 3.8) is 0 Å². The van der Waals surface area contributed by atoms with Gasteiger partial charge in [-0.25, -0.2) is 0 Å². The number of nitrogens with zero attached hydrogens (tertiary/aromatic N) is 2. The fourth-order valence-corrected chi connectivity index (χ4v) is 1.94. The Bertz CT molecular complexity index is 557. The molecule has 0 aliphatic carbocycles. The molecule has 2 rings (SSSR count). The SMILES string of the molecule is CC(C)CCNC(=O)c1nn(C)c2ccccc12. The van der Waals surface area contributed by atoms with Crippen LogP contribution in [-0.4, -0.2) is 22.2 Å². The molecule has 0 saturated heterocycles. The average Bonchev–Trinajstić information content (AvgIpc) is 2.67. The first-order chi connectivity index (χ1) is 8.59. The van der Waals surface area contributed by atoms with Gasteiger partial charge in [0.15, 0.2) is 5.69 Å². The minimum Gasteiger partial charge on any atom is -0.351 e. The van der Waals surface area contributed by atoms with Crippen LogP contribution in [0.3, 0.4) is 0 Å². The molecule has 2 aromatic rings. The molecule has 96 valence electrons.